The molecule has 20 heavy (non-hydrogen) atoms. The molecule has 0 saturated heterocycles. The fourth-order valence-electron chi connectivity index (χ4n) is 1.59. The summed E-state index contributed by atoms with van der Waals surface area (Å²) >= 11 is 0. The molecule has 0 aliphatic carbocycles. The van der Waals surface area contributed by atoms with Crippen molar-refractivity contribution in [1.82, 2.24) is 0 Å². The molecule has 5 heteroatoms. The molecule has 0 unspecified atom stereocenters. The fraction of sp³-hybridized carbons (Fsp3) is 0.533. The topological polar surface area (TPSA) is 41.6 Å². The van der Waals surface area contributed by atoms with Crippen LogP contribution in [0, 0.1) is 5.82 Å². The number of nitrogens with one attached hydrogen (secondary N) is 1. The average molecular weight is 282 g/mol. The maximum absolute atomic E-state index is 14.0. The van der Waals surface area contributed by atoms with Gasteiger partial charge in [0.1, 0.15) is 12.4 Å². The van der Waals surface area contributed by atoms with Crippen molar-refractivity contribution in [3.8, 4) is 0 Å². The summed E-state index contributed by atoms with van der Waals surface area (Å²) in [7, 11) is 1.83. The number of hydrogen-bond donors (Lipinski definition) is 1. The van der Waals surface area contributed by atoms with Crippen molar-refractivity contribution in [3.05, 3.63) is 24.0 Å². The van der Waals surface area contributed by atoms with Crippen LogP contribution in [0.15, 0.2) is 18.2 Å². The van der Waals surface area contributed by atoms with Gasteiger partial charge in [-0.2, -0.15) is 0 Å². The lowest BCUT2D eigenvalue weighted by Crippen LogP contribution is -2.26. The largest absolute Gasteiger partial charge is 0.370 e. The van der Waals surface area contributed by atoms with Crippen molar-refractivity contribution in [1.29, 1.82) is 0 Å². The number of halogens is 1. The van der Waals surface area contributed by atoms with Gasteiger partial charge in [-0.15, -0.1) is 0 Å². The Morgan fingerprint density at radius 1 is 1.35 bits per heavy atom. The first-order valence-corrected chi connectivity index (χ1v) is 6.75. The Morgan fingerprint density at radius 2 is 2.00 bits per heavy atom. The monoisotopic (exact) mass is 282 g/mol. The quantitative estimate of drug-likeness (QED) is 0.872. The van der Waals surface area contributed by atoms with Crippen molar-refractivity contribution in [2.45, 2.75) is 39.8 Å². The van der Waals surface area contributed by atoms with Crippen LogP contribution in [0.2, 0.25) is 0 Å². The Bertz CT molecular complexity index is 461. The molecule has 0 heterocycles. The molecule has 1 N–H and O–H groups in total. The molecule has 0 aliphatic rings. The molecular weight excluding hydrogens is 259 g/mol. The molecule has 1 rings (SSSR count). The summed E-state index contributed by atoms with van der Waals surface area (Å²) in [6.07, 6.45) is -0.0143. The van der Waals surface area contributed by atoms with Crippen molar-refractivity contribution >= 4 is 17.3 Å². The molecule has 1 aromatic rings. The first-order valence-electron chi connectivity index (χ1n) is 6.75. The third kappa shape index (κ3) is 4.81. The van der Waals surface area contributed by atoms with E-state index >= 15 is 0 Å². The van der Waals surface area contributed by atoms with Gasteiger partial charge in [-0.1, -0.05) is 0 Å². The van der Waals surface area contributed by atoms with Crippen LogP contribution >= 0.6 is 0 Å². The van der Waals surface area contributed by atoms with Crippen LogP contribution in [0.4, 0.5) is 15.8 Å². The molecule has 0 radical (unpaired) electrons. The lowest BCUT2D eigenvalue weighted by Gasteiger charge is -2.24. The van der Waals surface area contributed by atoms with Gasteiger partial charge in [-0.05, 0) is 45.9 Å². The van der Waals surface area contributed by atoms with E-state index in [2.05, 4.69) is 5.32 Å². The van der Waals surface area contributed by atoms with Crippen molar-refractivity contribution in [2.75, 3.05) is 23.9 Å². The fourth-order valence-corrected chi connectivity index (χ4v) is 1.59. The number of hydrogen-bond acceptors (Lipinski definition) is 3. The summed E-state index contributed by atoms with van der Waals surface area (Å²) in [5.74, 6) is -0.646. The molecule has 1 amide bonds. The molecule has 112 valence electrons. The summed E-state index contributed by atoms with van der Waals surface area (Å²) in [4.78, 5) is 13.4. The maximum Gasteiger partial charge on any atom is 0.250 e. The minimum atomic E-state index is -0.358. The van der Waals surface area contributed by atoms with E-state index in [1.807, 2.05) is 39.6 Å². The number of ether oxygens (including phenoxy) is 1. The lowest BCUT2D eigenvalue weighted by atomic mass is 10.2. The first kappa shape index (κ1) is 16.4. The number of amides is 1. The standard InChI is InChI=1S/C15H23FN2O2/c1-10(2)18(5)14-7-6-12(8-13(14)16)17-15(19)9-20-11(3)4/h6-8,10-11H,9H2,1-5H3,(H,17,19). The molecular formula is C15H23FN2O2. The second-order valence-corrected chi connectivity index (χ2v) is 5.28. The SMILES string of the molecule is CC(C)OCC(=O)Nc1ccc(N(C)C(C)C)c(F)c1. The summed E-state index contributed by atoms with van der Waals surface area (Å²) in [5, 5.41) is 2.61. The highest BCUT2D eigenvalue weighted by molar-refractivity contribution is 5.91. The van der Waals surface area contributed by atoms with Gasteiger partial charge in [0.25, 0.3) is 0 Å². The third-order valence-corrected chi connectivity index (χ3v) is 2.93. The Balaban J connectivity index is 2.70. The van der Waals surface area contributed by atoms with Crippen LogP contribution in [0.3, 0.4) is 0 Å². The molecule has 0 aromatic heterocycles. The maximum atomic E-state index is 14.0. The Kier molecular flexibility index (Phi) is 5.95. The Morgan fingerprint density at radius 3 is 2.50 bits per heavy atom. The molecule has 0 aliphatic heterocycles. The van der Waals surface area contributed by atoms with Gasteiger partial charge in [0.05, 0.1) is 11.8 Å². The number of carbonyl (C=O) groups excluding carboxylic acids is 1. The number of carbonyl (C=O) groups is 1. The van der Waals surface area contributed by atoms with Crippen molar-refractivity contribution in [3.63, 3.8) is 0 Å². The van der Waals surface area contributed by atoms with E-state index in [1.54, 1.807) is 12.1 Å². The van der Waals surface area contributed by atoms with Gasteiger partial charge in [-0.25, -0.2) is 4.39 Å². The Labute approximate surface area is 119 Å². The van der Waals surface area contributed by atoms with Crippen LogP contribution in [-0.2, 0) is 9.53 Å². The predicted molar refractivity (Wildman–Crippen MR) is 79.7 cm³/mol. The molecule has 1 aromatic carbocycles. The zero-order valence-corrected chi connectivity index (χ0v) is 12.7. The lowest BCUT2D eigenvalue weighted by molar-refractivity contribution is -0.121. The summed E-state index contributed by atoms with van der Waals surface area (Å²) < 4.78 is 19.2. The average Bonchev–Trinajstić information content (AvgIpc) is 2.35. The van der Waals surface area contributed by atoms with Crippen LogP contribution in [-0.4, -0.2) is 31.7 Å². The van der Waals surface area contributed by atoms with Gasteiger partial charge in [0.2, 0.25) is 5.91 Å². The van der Waals surface area contributed by atoms with E-state index in [-0.39, 0.29) is 30.5 Å². The number of anilines is 2. The Hall–Kier alpha value is -1.62. The van der Waals surface area contributed by atoms with E-state index in [0.717, 1.165) is 0 Å². The minimum absolute atomic E-state index is 0.0143. The third-order valence-electron chi connectivity index (χ3n) is 2.93. The van der Waals surface area contributed by atoms with Crippen molar-refractivity contribution in [2.24, 2.45) is 0 Å². The molecule has 4 nitrogen and oxygen atoms in total. The van der Waals surface area contributed by atoms with E-state index in [0.29, 0.717) is 11.4 Å². The highest BCUT2D eigenvalue weighted by Gasteiger charge is 2.12. The number of nitrogens with zero attached hydrogens (tertiary/aromatic N) is 1. The molecule has 0 bridgehead atoms. The summed E-state index contributed by atoms with van der Waals surface area (Å²) in [5.41, 5.74) is 0.942. The second-order valence-electron chi connectivity index (χ2n) is 5.28. The van der Waals surface area contributed by atoms with E-state index < -0.39 is 0 Å². The zero-order chi connectivity index (χ0) is 15.3. The first-order chi connectivity index (χ1) is 9.31. The predicted octanol–water partition coefficient (Wildman–Crippen LogP) is 3.03. The van der Waals surface area contributed by atoms with E-state index in [4.69, 9.17) is 4.74 Å². The second kappa shape index (κ2) is 7.24. The number of benzene rings is 1. The molecule has 0 saturated carbocycles. The zero-order valence-electron chi connectivity index (χ0n) is 12.7. The van der Waals surface area contributed by atoms with Crippen LogP contribution in [0.5, 0.6) is 0 Å². The van der Waals surface area contributed by atoms with Gasteiger partial charge >= 0.3 is 0 Å². The molecule has 0 spiro atoms. The minimum Gasteiger partial charge on any atom is -0.370 e. The van der Waals surface area contributed by atoms with Gasteiger partial charge in [-0.3, -0.25) is 4.79 Å². The smallest absolute Gasteiger partial charge is 0.250 e. The molecule has 0 atom stereocenters. The van der Waals surface area contributed by atoms with E-state index in [9.17, 15) is 9.18 Å². The highest BCUT2D eigenvalue weighted by atomic mass is 19.1. The summed E-state index contributed by atoms with van der Waals surface area (Å²) in [6.45, 7) is 7.64. The van der Waals surface area contributed by atoms with Gasteiger partial charge in [0, 0.05) is 18.8 Å². The van der Waals surface area contributed by atoms with Crippen LogP contribution in [0.1, 0.15) is 27.7 Å². The normalized spacial score (nSPS) is 11.0. The molecule has 0 fully saturated rings. The van der Waals surface area contributed by atoms with Gasteiger partial charge < -0.3 is 15.0 Å². The number of rotatable bonds is 6. The van der Waals surface area contributed by atoms with Crippen LogP contribution in [0.25, 0.3) is 0 Å². The van der Waals surface area contributed by atoms with E-state index in [1.165, 1.54) is 6.07 Å². The highest BCUT2D eigenvalue weighted by Crippen LogP contribution is 2.23. The van der Waals surface area contributed by atoms with Crippen molar-refractivity contribution < 1.29 is 13.9 Å². The van der Waals surface area contributed by atoms with Gasteiger partial charge in [0.15, 0.2) is 0 Å². The summed E-state index contributed by atoms with van der Waals surface area (Å²) in [6, 6.07) is 4.87. The van der Waals surface area contributed by atoms with Crippen LogP contribution < -0.4 is 10.2 Å².